The lowest BCUT2D eigenvalue weighted by Gasteiger charge is -2.12. The van der Waals surface area contributed by atoms with Crippen LogP contribution in [-0.4, -0.2) is 67.2 Å². The second-order valence-electron chi connectivity index (χ2n) is 6.42. The van der Waals surface area contributed by atoms with Gasteiger partial charge in [0.15, 0.2) is 4.34 Å². The average molecular weight is 556 g/mol. The molecule has 0 aliphatic carbocycles. The van der Waals surface area contributed by atoms with Gasteiger partial charge in [-0.1, -0.05) is 41.3 Å². The van der Waals surface area contributed by atoms with Crippen molar-refractivity contribution in [2.45, 2.75) is 16.2 Å². The Bertz CT molecular complexity index is 1310. The second kappa shape index (κ2) is 12.4. The molecule has 0 unspecified atom stereocenters. The van der Waals surface area contributed by atoms with E-state index in [1.165, 1.54) is 32.4 Å². The van der Waals surface area contributed by atoms with Crippen molar-refractivity contribution >= 4 is 51.1 Å². The molecule has 0 spiro atoms. The molecule has 3 rings (SSSR count). The Morgan fingerprint density at radius 2 is 1.78 bits per heavy atom. The normalized spacial score (nSPS) is 11.0. The molecule has 36 heavy (non-hydrogen) atoms. The summed E-state index contributed by atoms with van der Waals surface area (Å²) in [5.74, 6) is -0.267. The minimum absolute atomic E-state index is 0.0475. The molecule has 0 aliphatic rings. The van der Waals surface area contributed by atoms with E-state index in [1.807, 2.05) is 10.3 Å². The standard InChI is InChI=1S/C19H21N7O7S3/c1-4-33-15(27)10-34-19-25-23-16(35-19)11-7-5-6-8-12(11)36(29,30)26-24-18(28)22-17-20-13(31-2)9-14(21-17)32-3/h5-9,26H,4,10H2,1-3H3,(H2,20,21,22,24,28). The number of nitrogens with one attached hydrogen (secondary N) is 3. The summed E-state index contributed by atoms with van der Waals surface area (Å²) < 4.78 is 41.2. The summed E-state index contributed by atoms with van der Waals surface area (Å²) in [6.45, 7) is 1.98. The lowest BCUT2D eigenvalue weighted by molar-refractivity contribution is -0.139. The third-order valence-electron chi connectivity index (χ3n) is 4.05. The van der Waals surface area contributed by atoms with Gasteiger partial charge in [0.2, 0.25) is 17.7 Å². The van der Waals surface area contributed by atoms with Crippen LogP contribution < -0.4 is 25.0 Å². The predicted molar refractivity (Wildman–Crippen MR) is 130 cm³/mol. The van der Waals surface area contributed by atoms with Gasteiger partial charge in [-0.25, -0.2) is 13.2 Å². The molecule has 1 aromatic carbocycles. The molecule has 3 aromatic rings. The van der Waals surface area contributed by atoms with Crippen LogP contribution in [0.2, 0.25) is 0 Å². The predicted octanol–water partition coefficient (Wildman–Crippen LogP) is 1.68. The minimum Gasteiger partial charge on any atom is -0.481 e. The maximum absolute atomic E-state index is 12.9. The van der Waals surface area contributed by atoms with E-state index in [4.69, 9.17) is 14.2 Å². The van der Waals surface area contributed by atoms with E-state index in [1.54, 1.807) is 19.1 Å². The van der Waals surface area contributed by atoms with Gasteiger partial charge >= 0.3 is 12.0 Å². The third kappa shape index (κ3) is 7.23. The number of hydrogen-bond donors (Lipinski definition) is 3. The summed E-state index contributed by atoms with van der Waals surface area (Å²) in [4.78, 5) is 33.5. The molecular formula is C19H21N7O7S3. The van der Waals surface area contributed by atoms with Crippen LogP contribution in [0.3, 0.4) is 0 Å². The van der Waals surface area contributed by atoms with Crippen molar-refractivity contribution < 1.29 is 32.2 Å². The van der Waals surface area contributed by atoms with Gasteiger partial charge in [0.05, 0.1) is 37.5 Å². The summed E-state index contributed by atoms with van der Waals surface area (Å²) in [5.41, 5.74) is 2.29. The maximum atomic E-state index is 12.9. The topological polar surface area (TPSA) is 184 Å². The average Bonchev–Trinajstić information content (AvgIpc) is 3.35. The van der Waals surface area contributed by atoms with Crippen molar-refractivity contribution in [1.29, 1.82) is 0 Å². The number of thioether (sulfide) groups is 1. The van der Waals surface area contributed by atoms with Crippen LogP contribution in [0.25, 0.3) is 10.6 Å². The zero-order valence-electron chi connectivity index (χ0n) is 19.2. The first-order valence-corrected chi connectivity index (χ1v) is 13.3. The van der Waals surface area contributed by atoms with Gasteiger partial charge in [0, 0.05) is 5.56 Å². The molecule has 0 saturated heterocycles. The zero-order valence-corrected chi connectivity index (χ0v) is 21.6. The number of benzene rings is 1. The SMILES string of the molecule is CCOC(=O)CSc1nnc(-c2ccccc2S(=O)(=O)NNC(=O)Nc2nc(OC)cc(OC)n2)s1. The number of rotatable bonds is 11. The lowest BCUT2D eigenvalue weighted by Crippen LogP contribution is -2.44. The lowest BCUT2D eigenvalue weighted by atomic mass is 10.2. The molecule has 0 bridgehead atoms. The van der Waals surface area contributed by atoms with Gasteiger partial charge in [0.25, 0.3) is 10.0 Å². The molecule has 2 heterocycles. The fraction of sp³-hybridized carbons (Fsp3) is 0.263. The molecule has 17 heteroatoms. The highest BCUT2D eigenvalue weighted by molar-refractivity contribution is 8.01. The molecular weight excluding hydrogens is 534 g/mol. The highest BCUT2D eigenvalue weighted by Crippen LogP contribution is 2.33. The number of urea groups is 1. The molecule has 2 aromatic heterocycles. The van der Waals surface area contributed by atoms with Crippen molar-refractivity contribution in [3.05, 3.63) is 30.3 Å². The van der Waals surface area contributed by atoms with E-state index in [0.717, 1.165) is 23.1 Å². The van der Waals surface area contributed by atoms with Crippen LogP contribution >= 0.6 is 23.1 Å². The van der Waals surface area contributed by atoms with Gasteiger partial charge < -0.3 is 14.2 Å². The monoisotopic (exact) mass is 555 g/mol. The van der Waals surface area contributed by atoms with Gasteiger partial charge in [0.1, 0.15) is 5.01 Å². The number of carbonyl (C=O) groups excluding carboxylic acids is 2. The molecule has 0 fully saturated rings. The van der Waals surface area contributed by atoms with Crippen molar-refractivity contribution in [1.82, 2.24) is 30.4 Å². The molecule has 0 saturated carbocycles. The largest absolute Gasteiger partial charge is 0.481 e. The zero-order chi connectivity index (χ0) is 26.1. The van der Waals surface area contributed by atoms with Crippen molar-refractivity contribution in [3.63, 3.8) is 0 Å². The number of amides is 2. The highest BCUT2D eigenvalue weighted by Gasteiger charge is 2.22. The van der Waals surface area contributed by atoms with Crippen LogP contribution in [0.5, 0.6) is 11.8 Å². The van der Waals surface area contributed by atoms with E-state index >= 15 is 0 Å². The fourth-order valence-electron chi connectivity index (χ4n) is 2.55. The summed E-state index contributed by atoms with van der Waals surface area (Å²) in [6, 6.07) is 6.49. The molecule has 3 N–H and O–H groups in total. The van der Waals surface area contributed by atoms with Crippen molar-refractivity contribution in [2.75, 3.05) is 31.9 Å². The van der Waals surface area contributed by atoms with E-state index in [9.17, 15) is 18.0 Å². The highest BCUT2D eigenvalue weighted by atomic mass is 32.2. The Hall–Kier alpha value is -3.54. The quantitative estimate of drug-likeness (QED) is 0.177. The number of sulfonamides is 1. The van der Waals surface area contributed by atoms with E-state index in [2.05, 4.69) is 25.5 Å². The van der Waals surface area contributed by atoms with Gasteiger partial charge in [-0.3, -0.25) is 15.5 Å². The summed E-state index contributed by atoms with van der Waals surface area (Å²) in [6.07, 6.45) is 0. The maximum Gasteiger partial charge on any atom is 0.336 e. The van der Waals surface area contributed by atoms with Gasteiger partial charge in [-0.15, -0.1) is 15.0 Å². The van der Waals surface area contributed by atoms with E-state index in [-0.39, 0.29) is 40.5 Å². The number of hydrazine groups is 1. The van der Waals surface area contributed by atoms with Gasteiger partial charge in [-0.05, 0) is 13.0 Å². The number of methoxy groups -OCH3 is 2. The van der Waals surface area contributed by atoms with Crippen LogP contribution in [0.1, 0.15) is 6.92 Å². The van der Waals surface area contributed by atoms with Crippen molar-refractivity contribution in [3.8, 4) is 22.3 Å². The Balaban J connectivity index is 1.70. The van der Waals surface area contributed by atoms with E-state index in [0.29, 0.717) is 9.35 Å². The van der Waals surface area contributed by atoms with E-state index < -0.39 is 22.0 Å². The Morgan fingerprint density at radius 1 is 1.08 bits per heavy atom. The number of esters is 1. The molecule has 0 aliphatic heterocycles. The molecule has 0 radical (unpaired) electrons. The first-order chi connectivity index (χ1) is 17.2. The number of aromatic nitrogens is 4. The number of nitrogens with zero attached hydrogens (tertiary/aromatic N) is 4. The van der Waals surface area contributed by atoms with Crippen LogP contribution in [0.15, 0.2) is 39.6 Å². The Kier molecular flexibility index (Phi) is 9.34. The number of hydrogen-bond acceptors (Lipinski definition) is 13. The molecule has 14 nitrogen and oxygen atoms in total. The smallest absolute Gasteiger partial charge is 0.336 e. The first-order valence-electron chi connectivity index (χ1n) is 10.0. The number of carbonyl (C=O) groups is 2. The molecule has 192 valence electrons. The summed E-state index contributed by atoms with van der Waals surface area (Å²) >= 11 is 2.24. The number of anilines is 1. The fourth-order valence-corrected chi connectivity index (χ4v) is 5.35. The van der Waals surface area contributed by atoms with Crippen LogP contribution in [0, 0.1) is 0 Å². The van der Waals surface area contributed by atoms with Gasteiger partial charge in [-0.2, -0.15) is 9.97 Å². The number of ether oxygens (including phenoxy) is 3. The Labute approximate surface area is 214 Å². The summed E-state index contributed by atoms with van der Waals surface area (Å²) in [5, 5.41) is 10.6. The van der Waals surface area contributed by atoms with Crippen LogP contribution in [0.4, 0.5) is 10.7 Å². The Morgan fingerprint density at radius 3 is 2.44 bits per heavy atom. The molecule has 2 amide bonds. The minimum atomic E-state index is -4.23. The summed E-state index contributed by atoms with van der Waals surface area (Å²) in [7, 11) is -1.49. The molecule has 0 atom stereocenters. The van der Waals surface area contributed by atoms with Crippen molar-refractivity contribution in [2.24, 2.45) is 0 Å². The van der Waals surface area contributed by atoms with Crippen LogP contribution in [-0.2, 0) is 19.6 Å². The first kappa shape index (κ1) is 27.1. The third-order valence-corrected chi connectivity index (χ3v) is 7.42. The second-order valence-corrected chi connectivity index (χ2v) is 10.3.